The van der Waals surface area contributed by atoms with Gasteiger partial charge < -0.3 is 19.7 Å². The number of pyridine rings is 1. The maximum Gasteiger partial charge on any atom is 0.266 e. The summed E-state index contributed by atoms with van der Waals surface area (Å²) in [6.07, 6.45) is -0.692. The van der Waals surface area contributed by atoms with Gasteiger partial charge in [0.15, 0.2) is 0 Å². The van der Waals surface area contributed by atoms with Gasteiger partial charge in [0.25, 0.3) is 6.43 Å². The predicted octanol–water partition coefficient (Wildman–Crippen LogP) is 6.21. The molecule has 0 bridgehead atoms. The fraction of sp³-hybridized carbons (Fsp3) is 0.423. The molecule has 5 nitrogen and oxygen atoms in total. The van der Waals surface area contributed by atoms with Crippen LogP contribution in [0.15, 0.2) is 36.4 Å². The third-order valence-corrected chi connectivity index (χ3v) is 6.61. The molecule has 2 aromatic carbocycles. The average Bonchev–Trinajstić information content (AvgIpc) is 3.69. The van der Waals surface area contributed by atoms with E-state index in [9.17, 15) is 13.2 Å². The number of nitrogens with one attached hydrogen (secondary N) is 1. The molecular weight excluding hydrogens is 443 g/mol. The van der Waals surface area contributed by atoms with Crippen LogP contribution in [0.5, 0.6) is 5.75 Å². The molecule has 1 saturated heterocycles. The van der Waals surface area contributed by atoms with Crippen LogP contribution in [0.25, 0.3) is 10.9 Å². The van der Waals surface area contributed by atoms with Crippen LogP contribution in [0.4, 0.5) is 24.5 Å². The number of methoxy groups -OCH3 is 1. The lowest BCUT2D eigenvalue weighted by molar-refractivity contribution is 0.122. The van der Waals surface area contributed by atoms with Crippen molar-refractivity contribution in [2.24, 2.45) is 0 Å². The summed E-state index contributed by atoms with van der Waals surface area (Å²) in [5.41, 5.74) is 3.14. The first-order valence-electron chi connectivity index (χ1n) is 11.6. The van der Waals surface area contributed by atoms with E-state index in [1.54, 1.807) is 20.1 Å². The van der Waals surface area contributed by atoms with Gasteiger partial charge >= 0.3 is 0 Å². The van der Waals surface area contributed by atoms with Crippen molar-refractivity contribution in [3.05, 3.63) is 59.0 Å². The number of benzene rings is 2. The van der Waals surface area contributed by atoms with Crippen LogP contribution in [0.1, 0.15) is 55.0 Å². The van der Waals surface area contributed by atoms with E-state index < -0.39 is 23.8 Å². The number of morpholine rings is 1. The number of hydrogen-bond donors (Lipinski definition) is 1. The third-order valence-electron chi connectivity index (χ3n) is 6.61. The lowest BCUT2D eigenvalue weighted by Crippen LogP contribution is -2.36. The third kappa shape index (κ3) is 4.39. The highest BCUT2D eigenvalue weighted by Gasteiger charge is 2.28. The lowest BCUT2D eigenvalue weighted by atomic mass is 10.0. The molecule has 1 N–H and O–H groups in total. The average molecular weight is 472 g/mol. The van der Waals surface area contributed by atoms with E-state index in [0.717, 1.165) is 65.7 Å². The Labute approximate surface area is 196 Å². The van der Waals surface area contributed by atoms with Crippen molar-refractivity contribution in [2.45, 2.75) is 38.2 Å². The van der Waals surface area contributed by atoms with Crippen molar-refractivity contribution >= 4 is 22.3 Å². The first-order chi connectivity index (χ1) is 16.5. The number of aromatic nitrogens is 1. The standard InChI is InChI=1S/C26H28F3N3O2/c1-15(17-4-3-5-18(25(17)27)26(28)29)30-21-13-20(16-6-7-16)31-22-14-24(33-2)23(12-19(21)22)32-8-10-34-11-9-32/h3-5,12-16,26H,6-11H2,1-2H3,(H,30,31). The summed E-state index contributed by atoms with van der Waals surface area (Å²) < 4.78 is 52.6. The smallest absolute Gasteiger partial charge is 0.266 e. The summed E-state index contributed by atoms with van der Waals surface area (Å²) in [6.45, 7) is 4.56. The Morgan fingerprint density at radius 2 is 1.85 bits per heavy atom. The van der Waals surface area contributed by atoms with Crippen LogP contribution in [0.3, 0.4) is 0 Å². The zero-order chi connectivity index (χ0) is 23.8. The highest BCUT2D eigenvalue weighted by molar-refractivity contribution is 5.96. The largest absolute Gasteiger partial charge is 0.495 e. The SMILES string of the molecule is COc1cc2nc(C3CC3)cc(NC(C)c3cccc(C(F)F)c3F)c2cc1N1CCOCC1. The lowest BCUT2D eigenvalue weighted by Gasteiger charge is -2.30. The maximum atomic E-state index is 14.8. The summed E-state index contributed by atoms with van der Waals surface area (Å²) in [5, 5.41) is 4.27. The highest BCUT2D eigenvalue weighted by Crippen LogP contribution is 2.43. The minimum Gasteiger partial charge on any atom is -0.495 e. The molecule has 1 aliphatic heterocycles. The van der Waals surface area contributed by atoms with E-state index in [-0.39, 0.29) is 5.56 Å². The van der Waals surface area contributed by atoms with Crippen molar-refractivity contribution in [3.63, 3.8) is 0 Å². The number of alkyl halides is 2. The fourth-order valence-corrected chi connectivity index (χ4v) is 4.57. The number of nitrogens with zero attached hydrogens (tertiary/aromatic N) is 2. The number of rotatable bonds is 7. The van der Waals surface area contributed by atoms with Crippen molar-refractivity contribution in [3.8, 4) is 5.75 Å². The Kier molecular flexibility index (Phi) is 6.25. The second-order valence-electron chi connectivity index (χ2n) is 8.93. The van der Waals surface area contributed by atoms with Gasteiger partial charge in [-0.1, -0.05) is 18.2 Å². The van der Waals surface area contributed by atoms with E-state index in [4.69, 9.17) is 14.5 Å². The van der Waals surface area contributed by atoms with Crippen molar-refractivity contribution in [2.75, 3.05) is 43.6 Å². The molecule has 1 unspecified atom stereocenters. The number of halogens is 3. The molecule has 1 atom stereocenters. The van der Waals surface area contributed by atoms with E-state index in [2.05, 4.69) is 10.2 Å². The Hall–Kier alpha value is -3.00. The molecule has 0 radical (unpaired) electrons. The minimum absolute atomic E-state index is 0.206. The van der Waals surface area contributed by atoms with Crippen LogP contribution >= 0.6 is 0 Å². The van der Waals surface area contributed by atoms with E-state index in [1.165, 1.54) is 6.07 Å². The van der Waals surface area contributed by atoms with Gasteiger partial charge in [-0.05, 0) is 31.9 Å². The van der Waals surface area contributed by atoms with Gasteiger partial charge in [0, 0.05) is 47.4 Å². The number of anilines is 2. The Balaban J connectivity index is 1.58. The molecule has 2 fully saturated rings. The molecule has 8 heteroatoms. The van der Waals surface area contributed by atoms with E-state index >= 15 is 0 Å². The summed E-state index contributed by atoms with van der Waals surface area (Å²) in [4.78, 5) is 7.11. The molecule has 0 spiro atoms. The summed E-state index contributed by atoms with van der Waals surface area (Å²) >= 11 is 0. The second kappa shape index (κ2) is 9.33. The van der Waals surface area contributed by atoms with Gasteiger partial charge in [-0.15, -0.1) is 0 Å². The molecule has 180 valence electrons. The Morgan fingerprint density at radius 3 is 2.53 bits per heavy atom. The zero-order valence-corrected chi connectivity index (χ0v) is 19.3. The zero-order valence-electron chi connectivity index (χ0n) is 19.3. The molecule has 2 heterocycles. The molecular formula is C26H28F3N3O2. The number of fused-ring (bicyclic) bond motifs is 1. The first kappa shape index (κ1) is 22.8. The topological polar surface area (TPSA) is 46.6 Å². The monoisotopic (exact) mass is 471 g/mol. The number of hydrogen-bond acceptors (Lipinski definition) is 5. The van der Waals surface area contributed by atoms with Gasteiger partial charge in [0.1, 0.15) is 11.6 Å². The van der Waals surface area contributed by atoms with Gasteiger partial charge in [0.05, 0.1) is 43.1 Å². The van der Waals surface area contributed by atoms with Crippen LogP contribution < -0.4 is 15.0 Å². The van der Waals surface area contributed by atoms with E-state index in [0.29, 0.717) is 19.1 Å². The molecule has 0 amide bonds. The molecule has 5 rings (SSSR count). The fourth-order valence-electron chi connectivity index (χ4n) is 4.57. The van der Waals surface area contributed by atoms with Gasteiger partial charge in [-0.3, -0.25) is 4.98 Å². The van der Waals surface area contributed by atoms with Crippen LogP contribution in [0.2, 0.25) is 0 Å². The van der Waals surface area contributed by atoms with Gasteiger partial charge in [0.2, 0.25) is 0 Å². The van der Waals surface area contributed by atoms with Gasteiger partial charge in [-0.25, -0.2) is 13.2 Å². The van der Waals surface area contributed by atoms with Crippen LogP contribution in [-0.4, -0.2) is 38.4 Å². The highest BCUT2D eigenvalue weighted by atomic mass is 19.3. The molecule has 1 aliphatic carbocycles. The van der Waals surface area contributed by atoms with Crippen molar-refractivity contribution < 1.29 is 22.6 Å². The summed E-state index contributed by atoms with van der Waals surface area (Å²) in [7, 11) is 1.65. The van der Waals surface area contributed by atoms with E-state index in [1.807, 2.05) is 18.2 Å². The molecule has 1 saturated carbocycles. The normalized spacial score (nSPS) is 17.3. The summed E-state index contributed by atoms with van der Waals surface area (Å²) in [5.74, 6) is 0.280. The van der Waals surface area contributed by atoms with Crippen molar-refractivity contribution in [1.82, 2.24) is 4.98 Å². The summed E-state index contributed by atoms with van der Waals surface area (Å²) in [6, 6.07) is 9.63. The number of ether oxygens (including phenoxy) is 2. The second-order valence-corrected chi connectivity index (χ2v) is 8.93. The molecule has 1 aromatic heterocycles. The maximum absolute atomic E-state index is 14.8. The first-order valence-corrected chi connectivity index (χ1v) is 11.6. The minimum atomic E-state index is -2.86. The Bertz CT molecular complexity index is 1190. The van der Waals surface area contributed by atoms with Gasteiger partial charge in [-0.2, -0.15) is 0 Å². The Morgan fingerprint density at radius 1 is 1.12 bits per heavy atom. The predicted molar refractivity (Wildman–Crippen MR) is 127 cm³/mol. The molecule has 34 heavy (non-hydrogen) atoms. The quantitative estimate of drug-likeness (QED) is 0.444. The molecule has 3 aromatic rings. The molecule has 2 aliphatic rings. The van der Waals surface area contributed by atoms with Crippen LogP contribution in [0, 0.1) is 5.82 Å². The van der Waals surface area contributed by atoms with Crippen LogP contribution in [-0.2, 0) is 4.74 Å². The van der Waals surface area contributed by atoms with Crippen molar-refractivity contribution in [1.29, 1.82) is 0 Å².